The van der Waals surface area contributed by atoms with Gasteiger partial charge in [-0.05, 0) is 84.5 Å². The molecule has 8 atom stereocenters. The number of rotatable bonds is 5. The van der Waals surface area contributed by atoms with E-state index < -0.39 is 11.0 Å². The van der Waals surface area contributed by atoms with Crippen molar-refractivity contribution in [2.75, 3.05) is 6.54 Å². The van der Waals surface area contributed by atoms with E-state index in [2.05, 4.69) is 79.4 Å². The molecule has 1 aliphatic heterocycles. The minimum Gasteiger partial charge on any atom is -0.393 e. The number of allylic oxidation sites excluding steroid dienone is 4. The Morgan fingerprint density at radius 2 is 1.43 bits per heavy atom. The van der Waals surface area contributed by atoms with Crippen LogP contribution in [0, 0.1) is 33.5 Å². The highest BCUT2D eigenvalue weighted by atomic mass is 16.3. The van der Waals surface area contributed by atoms with Gasteiger partial charge < -0.3 is 10.2 Å². The predicted molar refractivity (Wildman–Crippen MR) is 185 cm³/mol. The number of carbonyl (C=O) groups is 1. The summed E-state index contributed by atoms with van der Waals surface area (Å²) in [5, 5.41) is 23.9. The maximum absolute atomic E-state index is 15.3. The highest BCUT2D eigenvalue weighted by Crippen LogP contribution is 2.78. The number of nitrogens with zero attached hydrogens (tertiary/aromatic N) is 1. The van der Waals surface area contributed by atoms with Crippen LogP contribution in [0.2, 0.25) is 0 Å². The van der Waals surface area contributed by atoms with Crippen LogP contribution in [0.15, 0.2) is 103 Å². The van der Waals surface area contributed by atoms with Gasteiger partial charge in [0.2, 0.25) is 0 Å². The van der Waals surface area contributed by atoms with Crippen molar-refractivity contribution in [1.82, 2.24) is 4.90 Å². The Hall–Kier alpha value is -3.31. The number of Topliss-reactive ketones (excluding diaryl/α,β-unsaturated/α-hetero) is 1. The Bertz CT molecular complexity index is 1800. The zero-order valence-corrected chi connectivity index (χ0v) is 27.8. The molecule has 10 rings (SSSR count). The van der Waals surface area contributed by atoms with Gasteiger partial charge in [-0.1, -0.05) is 111 Å². The standard InChI is InChI=1S/C43H47NO3/c1-39-19-16-32(45)24-41(39)22-23-43(35(25-41)38(46)34-15-9-8-14-33(34)29-10-4-3-5-11-29)36(39)17-20-40(2)37(43)18-21-42(40,47)28-44-26-30-12-6-7-13-31(30)27-44/h3-15,22-23,25,32,36-37,45,47H,16-21,24,26-28H2,1-2H3/t32?,36-,37-,39-,40+,41+,42-,43-/m1/s1. The number of ketones is 1. The average molecular weight is 626 g/mol. The summed E-state index contributed by atoms with van der Waals surface area (Å²) < 4.78 is 0. The summed E-state index contributed by atoms with van der Waals surface area (Å²) >= 11 is 0. The fraction of sp³-hybridized carbons (Fsp3) is 0.465. The van der Waals surface area contributed by atoms with Crippen molar-refractivity contribution in [3.63, 3.8) is 0 Å². The summed E-state index contributed by atoms with van der Waals surface area (Å²) in [5.74, 6) is 0.563. The molecule has 0 radical (unpaired) electrons. The first-order valence-electron chi connectivity index (χ1n) is 18.0. The minimum absolute atomic E-state index is 0.0393. The van der Waals surface area contributed by atoms with Crippen LogP contribution in [-0.4, -0.2) is 39.1 Å². The van der Waals surface area contributed by atoms with Crippen molar-refractivity contribution in [1.29, 1.82) is 0 Å². The molecule has 6 aliphatic carbocycles. The van der Waals surface area contributed by atoms with Gasteiger partial charge in [0.15, 0.2) is 5.78 Å². The summed E-state index contributed by atoms with van der Waals surface area (Å²) in [6.07, 6.45) is 12.9. The summed E-state index contributed by atoms with van der Waals surface area (Å²) in [6.45, 7) is 7.25. The second-order valence-corrected chi connectivity index (χ2v) is 16.5. The van der Waals surface area contributed by atoms with Crippen LogP contribution < -0.4 is 0 Å². The Labute approximate surface area is 279 Å². The first-order valence-corrected chi connectivity index (χ1v) is 18.0. The molecule has 1 heterocycles. The van der Waals surface area contributed by atoms with Gasteiger partial charge in [0.05, 0.1) is 11.7 Å². The Balaban J connectivity index is 1.16. The van der Waals surface area contributed by atoms with Crippen molar-refractivity contribution in [3.05, 3.63) is 119 Å². The predicted octanol–water partition coefficient (Wildman–Crippen LogP) is 8.14. The lowest BCUT2D eigenvalue weighted by atomic mass is 9.32. The molecule has 242 valence electrons. The van der Waals surface area contributed by atoms with E-state index in [1.165, 1.54) is 11.1 Å². The van der Waals surface area contributed by atoms with E-state index in [0.717, 1.165) is 73.9 Å². The molecule has 3 saturated carbocycles. The molecular weight excluding hydrogens is 578 g/mol. The smallest absolute Gasteiger partial charge is 0.190 e. The number of aliphatic hydroxyl groups is 2. The lowest BCUT2D eigenvalue weighted by Crippen LogP contribution is -2.67. The second-order valence-electron chi connectivity index (χ2n) is 16.5. The van der Waals surface area contributed by atoms with E-state index in [0.29, 0.717) is 13.0 Å². The van der Waals surface area contributed by atoms with Crippen molar-refractivity contribution in [3.8, 4) is 11.1 Å². The summed E-state index contributed by atoms with van der Waals surface area (Å²) in [6, 6.07) is 27.1. The van der Waals surface area contributed by atoms with Crippen molar-refractivity contribution in [2.24, 2.45) is 33.5 Å². The molecule has 47 heavy (non-hydrogen) atoms. The molecule has 2 bridgehead atoms. The lowest BCUT2D eigenvalue weighted by molar-refractivity contribution is -0.176. The third-order valence-electron chi connectivity index (χ3n) is 14.6. The van der Waals surface area contributed by atoms with Gasteiger partial charge in [-0.2, -0.15) is 0 Å². The molecule has 3 aromatic rings. The van der Waals surface area contributed by atoms with Crippen LogP contribution in [0.4, 0.5) is 0 Å². The SMILES string of the molecule is C[C@]12CC[C@H]3[C@]4(C=C[C@@]5(C=C4C(=O)c4ccccc4-c4ccccc4)CC(O)CC[C@]35C)[C@@H]1CC[C@@]2(O)CN1Cc2ccccc2C1. The van der Waals surface area contributed by atoms with Crippen molar-refractivity contribution in [2.45, 2.75) is 83.6 Å². The van der Waals surface area contributed by atoms with Gasteiger partial charge in [-0.15, -0.1) is 0 Å². The Morgan fingerprint density at radius 1 is 0.787 bits per heavy atom. The van der Waals surface area contributed by atoms with Crippen LogP contribution in [0.3, 0.4) is 0 Å². The molecule has 0 aromatic heterocycles. The maximum atomic E-state index is 15.3. The van der Waals surface area contributed by atoms with Crippen LogP contribution in [0.5, 0.6) is 0 Å². The number of fused-ring (bicyclic) bond motifs is 2. The first kappa shape index (κ1) is 29.8. The van der Waals surface area contributed by atoms with Crippen LogP contribution in [-0.2, 0) is 13.1 Å². The van der Waals surface area contributed by atoms with E-state index in [-0.39, 0.29) is 40.0 Å². The van der Waals surface area contributed by atoms with E-state index in [9.17, 15) is 10.2 Å². The number of carbonyl (C=O) groups excluding carboxylic acids is 1. The Morgan fingerprint density at radius 3 is 2.19 bits per heavy atom. The second kappa shape index (κ2) is 10.1. The topological polar surface area (TPSA) is 60.8 Å². The molecule has 4 heteroatoms. The molecule has 7 aliphatic rings. The van der Waals surface area contributed by atoms with Crippen LogP contribution in [0.25, 0.3) is 11.1 Å². The van der Waals surface area contributed by atoms with Crippen molar-refractivity contribution < 1.29 is 15.0 Å². The number of hydrogen-bond acceptors (Lipinski definition) is 4. The minimum atomic E-state index is -0.834. The average Bonchev–Trinajstić information content (AvgIpc) is 3.61. The molecule has 1 unspecified atom stereocenters. The summed E-state index contributed by atoms with van der Waals surface area (Å²) in [4.78, 5) is 17.8. The molecule has 0 amide bonds. The molecule has 2 spiro atoms. The van der Waals surface area contributed by atoms with E-state index in [1.807, 2.05) is 36.4 Å². The monoisotopic (exact) mass is 625 g/mol. The zero-order valence-electron chi connectivity index (χ0n) is 27.8. The van der Waals surface area contributed by atoms with Gasteiger partial charge >= 0.3 is 0 Å². The molecule has 3 aromatic carbocycles. The fourth-order valence-electron chi connectivity index (χ4n) is 12.2. The van der Waals surface area contributed by atoms with Gasteiger partial charge in [0.1, 0.15) is 0 Å². The van der Waals surface area contributed by atoms with Gasteiger partial charge in [-0.3, -0.25) is 9.69 Å². The van der Waals surface area contributed by atoms with Crippen LogP contribution >= 0.6 is 0 Å². The number of aliphatic hydroxyl groups excluding tert-OH is 1. The highest BCUT2D eigenvalue weighted by Gasteiger charge is 2.74. The van der Waals surface area contributed by atoms with E-state index in [4.69, 9.17) is 0 Å². The quantitative estimate of drug-likeness (QED) is 0.222. The van der Waals surface area contributed by atoms with Gasteiger partial charge in [0, 0.05) is 47.0 Å². The molecule has 0 saturated heterocycles. The fourth-order valence-corrected chi connectivity index (χ4v) is 12.2. The molecular formula is C43H47NO3. The van der Waals surface area contributed by atoms with Gasteiger partial charge in [-0.25, -0.2) is 0 Å². The lowest BCUT2D eigenvalue weighted by Gasteiger charge is -2.71. The normalized spacial score (nSPS) is 39.9. The van der Waals surface area contributed by atoms with Gasteiger partial charge in [0.25, 0.3) is 0 Å². The van der Waals surface area contributed by atoms with E-state index >= 15 is 4.79 Å². The summed E-state index contributed by atoms with van der Waals surface area (Å²) in [5.41, 5.74) is 4.45. The molecule has 3 fully saturated rings. The molecule has 4 nitrogen and oxygen atoms in total. The van der Waals surface area contributed by atoms with Crippen LogP contribution in [0.1, 0.15) is 80.3 Å². The number of benzene rings is 3. The zero-order chi connectivity index (χ0) is 32.2. The highest BCUT2D eigenvalue weighted by molar-refractivity contribution is 6.14. The third kappa shape index (κ3) is 3.90. The first-order chi connectivity index (χ1) is 22.6. The molecule has 2 N–H and O–H groups in total. The number of β-amino-alcohol motifs (C(OH)–C–C–N with tert-alkyl or cyclic N) is 1. The Kier molecular flexibility index (Phi) is 6.41. The maximum Gasteiger partial charge on any atom is 0.190 e. The number of hydrogen-bond donors (Lipinski definition) is 2. The largest absolute Gasteiger partial charge is 0.393 e. The van der Waals surface area contributed by atoms with E-state index in [1.54, 1.807) is 0 Å². The van der Waals surface area contributed by atoms with Crippen molar-refractivity contribution >= 4 is 5.78 Å². The third-order valence-corrected chi connectivity index (χ3v) is 14.6. The summed E-state index contributed by atoms with van der Waals surface area (Å²) in [7, 11) is 0.